The van der Waals surface area contributed by atoms with Gasteiger partial charge >= 0.3 is 0 Å². The monoisotopic (exact) mass is 369 g/mol. The third kappa shape index (κ3) is 5.98. The number of carbonyl (C=O) groups excluding carboxylic acids is 1. The van der Waals surface area contributed by atoms with Crippen molar-refractivity contribution in [1.82, 2.24) is 5.32 Å². The molecular formula is C17H17Cl2NO2S. The summed E-state index contributed by atoms with van der Waals surface area (Å²) in [6.45, 7) is 0.401. The topological polar surface area (TPSA) is 38.3 Å². The summed E-state index contributed by atoms with van der Waals surface area (Å²) < 4.78 is 5.11. The lowest BCUT2D eigenvalue weighted by Crippen LogP contribution is -2.24. The van der Waals surface area contributed by atoms with Gasteiger partial charge in [0, 0.05) is 22.3 Å². The number of carbonyl (C=O) groups is 1. The van der Waals surface area contributed by atoms with E-state index in [1.54, 1.807) is 31.0 Å². The molecule has 0 aliphatic carbocycles. The minimum Gasteiger partial charge on any atom is -0.497 e. The van der Waals surface area contributed by atoms with Gasteiger partial charge in [0.05, 0.1) is 12.9 Å². The molecule has 0 unspecified atom stereocenters. The van der Waals surface area contributed by atoms with Gasteiger partial charge in [0.15, 0.2) is 0 Å². The van der Waals surface area contributed by atoms with Crippen molar-refractivity contribution < 1.29 is 9.53 Å². The Labute approximate surface area is 150 Å². The van der Waals surface area contributed by atoms with Crippen LogP contribution in [-0.2, 0) is 17.1 Å². The smallest absolute Gasteiger partial charge is 0.230 e. The highest BCUT2D eigenvalue weighted by Crippen LogP contribution is 2.21. The summed E-state index contributed by atoms with van der Waals surface area (Å²) in [7, 11) is 1.64. The number of amides is 1. The van der Waals surface area contributed by atoms with Gasteiger partial charge in [-0.1, -0.05) is 41.4 Å². The Balaban J connectivity index is 1.72. The zero-order valence-electron chi connectivity index (χ0n) is 12.6. The predicted octanol–water partition coefficient (Wildman–Crippen LogP) is 4.55. The van der Waals surface area contributed by atoms with Crippen LogP contribution in [-0.4, -0.2) is 18.8 Å². The van der Waals surface area contributed by atoms with Crippen molar-refractivity contribution in [3.05, 3.63) is 63.6 Å². The molecule has 0 saturated heterocycles. The van der Waals surface area contributed by atoms with E-state index in [4.69, 9.17) is 27.9 Å². The number of hydrogen-bond donors (Lipinski definition) is 1. The number of benzene rings is 2. The number of ether oxygens (including phenoxy) is 1. The maximum Gasteiger partial charge on any atom is 0.230 e. The summed E-state index contributed by atoms with van der Waals surface area (Å²) in [4.78, 5) is 11.9. The van der Waals surface area contributed by atoms with Gasteiger partial charge in [0.1, 0.15) is 5.75 Å². The van der Waals surface area contributed by atoms with E-state index in [1.165, 1.54) is 0 Å². The van der Waals surface area contributed by atoms with Gasteiger partial charge in [-0.15, -0.1) is 11.8 Å². The highest BCUT2D eigenvalue weighted by Gasteiger charge is 2.05. The molecule has 3 nitrogen and oxygen atoms in total. The standard InChI is InChI=1S/C17H17Cl2NO2S/c1-22-15-6-2-12(3-7-15)10-23-11-17(21)20-9-13-4-5-14(18)8-16(13)19/h2-8H,9-11H2,1H3,(H,20,21). The molecule has 0 saturated carbocycles. The molecule has 23 heavy (non-hydrogen) atoms. The highest BCUT2D eigenvalue weighted by molar-refractivity contribution is 7.99. The molecule has 122 valence electrons. The van der Waals surface area contributed by atoms with E-state index in [-0.39, 0.29) is 5.91 Å². The van der Waals surface area contributed by atoms with E-state index >= 15 is 0 Å². The minimum atomic E-state index is -0.0190. The van der Waals surface area contributed by atoms with Crippen molar-refractivity contribution in [3.8, 4) is 5.75 Å². The Morgan fingerprint density at radius 2 is 1.91 bits per heavy atom. The summed E-state index contributed by atoms with van der Waals surface area (Å²) in [6.07, 6.45) is 0. The molecule has 2 aromatic rings. The molecule has 1 amide bonds. The quantitative estimate of drug-likeness (QED) is 0.777. The Morgan fingerprint density at radius 1 is 1.17 bits per heavy atom. The van der Waals surface area contributed by atoms with Crippen molar-refractivity contribution in [2.24, 2.45) is 0 Å². The van der Waals surface area contributed by atoms with Crippen molar-refractivity contribution >= 4 is 40.9 Å². The largest absolute Gasteiger partial charge is 0.497 e. The molecule has 0 fully saturated rings. The molecule has 0 bridgehead atoms. The minimum absolute atomic E-state index is 0.0190. The Hall–Kier alpha value is -1.36. The Bertz CT molecular complexity index is 662. The third-order valence-electron chi connectivity index (χ3n) is 3.15. The fraction of sp³-hybridized carbons (Fsp3) is 0.235. The van der Waals surface area contributed by atoms with Crippen LogP contribution in [0.3, 0.4) is 0 Å². The molecule has 0 aliphatic heterocycles. The molecular weight excluding hydrogens is 353 g/mol. The Kier molecular flexibility index (Phi) is 7.09. The summed E-state index contributed by atoms with van der Waals surface area (Å²) in [5.41, 5.74) is 2.01. The van der Waals surface area contributed by atoms with Gasteiger partial charge in [-0.2, -0.15) is 0 Å². The normalized spacial score (nSPS) is 10.4. The summed E-state index contributed by atoms with van der Waals surface area (Å²) in [5.74, 6) is 1.99. The Morgan fingerprint density at radius 3 is 2.57 bits per heavy atom. The zero-order valence-corrected chi connectivity index (χ0v) is 15.0. The second-order valence-corrected chi connectivity index (χ2v) is 6.68. The SMILES string of the molecule is COc1ccc(CSCC(=O)NCc2ccc(Cl)cc2Cl)cc1. The summed E-state index contributed by atoms with van der Waals surface area (Å²) in [6, 6.07) is 13.1. The first-order valence-corrected chi connectivity index (χ1v) is 8.91. The average Bonchev–Trinajstić information content (AvgIpc) is 2.54. The van der Waals surface area contributed by atoms with Crippen molar-refractivity contribution in [1.29, 1.82) is 0 Å². The van der Waals surface area contributed by atoms with Crippen LogP contribution < -0.4 is 10.1 Å². The molecule has 1 N–H and O–H groups in total. The van der Waals surface area contributed by atoms with Crippen LogP contribution in [0.1, 0.15) is 11.1 Å². The summed E-state index contributed by atoms with van der Waals surface area (Å²) in [5, 5.41) is 4.00. The number of rotatable bonds is 7. The molecule has 0 aliphatic rings. The average molecular weight is 370 g/mol. The molecule has 2 rings (SSSR count). The molecule has 0 aromatic heterocycles. The van der Waals surface area contributed by atoms with Crippen LogP contribution in [0.4, 0.5) is 0 Å². The van der Waals surface area contributed by atoms with E-state index in [0.717, 1.165) is 22.6 Å². The maximum absolute atomic E-state index is 11.9. The third-order valence-corrected chi connectivity index (χ3v) is 4.74. The van der Waals surface area contributed by atoms with Crippen LogP contribution in [0.15, 0.2) is 42.5 Å². The van der Waals surface area contributed by atoms with Crippen LogP contribution >= 0.6 is 35.0 Å². The number of nitrogens with one attached hydrogen (secondary N) is 1. The van der Waals surface area contributed by atoms with Gasteiger partial charge in [0.25, 0.3) is 0 Å². The molecule has 2 aromatic carbocycles. The van der Waals surface area contributed by atoms with E-state index in [0.29, 0.717) is 22.3 Å². The lowest BCUT2D eigenvalue weighted by Gasteiger charge is -2.08. The number of methoxy groups -OCH3 is 1. The van der Waals surface area contributed by atoms with Crippen molar-refractivity contribution in [3.63, 3.8) is 0 Å². The summed E-state index contributed by atoms with van der Waals surface area (Å²) >= 11 is 13.5. The van der Waals surface area contributed by atoms with Crippen molar-refractivity contribution in [2.45, 2.75) is 12.3 Å². The van der Waals surface area contributed by atoms with E-state index < -0.39 is 0 Å². The maximum atomic E-state index is 11.9. The highest BCUT2D eigenvalue weighted by atomic mass is 35.5. The van der Waals surface area contributed by atoms with E-state index in [1.807, 2.05) is 30.3 Å². The lowest BCUT2D eigenvalue weighted by molar-refractivity contribution is -0.118. The number of hydrogen-bond acceptors (Lipinski definition) is 3. The fourth-order valence-electron chi connectivity index (χ4n) is 1.89. The molecule has 0 radical (unpaired) electrons. The van der Waals surface area contributed by atoms with Crippen LogP contribution in [0, 0.1) is 0 Å². The van der Waals surface area contributed by atoms with Gasteiger partial charge in [-0.25, -0.2) is 0 Å². The van der Waals surface area contributed by atoms with Gasteiger partial charge in [-0.05, 0) is 35.4 Å². The number of halogens is 2. The predicted molar refractivity (Wildman–Crippen MR) is 97.5 cm³/mol. The first kappa shape index (κ1) is 18.0. The van der Waals surface area contributed by atoms with Crippen LogP contribution in [0.25, 0.3) is 0 Å². The first-order chi connectivity index (χ1) is 11.1. The second-order valence-electron chi connectivity index (χ2n) is 4.85. The number of thioether (sulfide) groups is 1. The van der Waals surface area contributed by atoms with Crippen LogP contribution in [0.2, 0.25) is 10.0 Å². The first-order valence-electron chi connectivity index (χ1n) is 7.00. The second kappa shape index (κ2) is 9.06. The van der Waals surface area contributed by atoms with Gasteiger partial charge in [0.2, 0.25) is 5.91 Å². The van der Waals surface area contributed by atoms with Crippen LogP contribution in [0.5, 0.6) is 5.75 Å². The van der Waals surface area contributed by atoms with Crippen molar-refractivity contribution in [2.75, 3.05) is 12.9 Å². The molecule has 0 heterocycles. The van der Waals surface area contributed by atoms with E-state index in [2.05, 4.69) is 5.32 Å². The lowest BCUT2D eigenvalue weighted by atomic mass is 10.2. The molecule has 6 heteroatoms. The molecule has 0 atom stereocenters. The van der Waals surface area contributed by atoms with Gasteiger partial charge < -0.3 is 10.1 Å². The van der Waals surface area contributed by atoms with Gasteiger partial charge in [-0.3, -0.25) is 4.79 Å². The van der Waals surface area contributed by atoms with E-state index in [9.17, 15) is 4.79 Å². The molecule has 0 spiro atoms. The fourth-order valence-corrected chi connectivity index (χ4v) is 3.19. The zero-order chi connectivity index (χ0) is 16.7.